The summed E-state index contributed by atoms with van der Waals surface area (Å²) >= 11 is 0. The van der Waals surface area contributed by atoms with Gasteiger partial charge in [0.25, 0.3) is 0 Å². The Balaban J connectivity index is 1.95. The molecule has 0 spiro atoms. The van der Waals surface area contributed by atoms with Gasteiger partial charge in [-0.25, -0.2) is 0 Å². The van der Waals surface area contributed by atoms with E-state index in [2.05, 4.69) is 24.4 Å². The van der Waals surface area contributed by atoms with Gasteiger partial charge in [0, 0.05) is 18.9 Å². The van der Waals surface area contributed by atoms with Crippen molar-refractivity contribution in [2.75, 3.05) is 27.9 Å². The number of aryl methyl sites for hydroxylation is 1. The van der Waals surface area contributed by atoms with E-state index in [1.54, 1.807) is 21.3 Å². The Morgan fingerprint density at radius 2 is 1.67 bits per heavy atom. The minimum absolute atomic E-state index is 0.0289. The van der Waals surface area contributed by atoms with Crippen LogP contribution in [0.25, 0.3) is 0 Å². The highest BCUT2D eigenvalue weighted by Gasteiger charge is 2.17. The Morgan fingerprint density at radius 3 is 2.26 bits per heavy atom. The normalized spacial score (nSPS) is 11.6. The lowest BCUT2D eigenvalue weighted by Gasteiger charge is -2.17. The number of hydrogen-bond acceptors (Lipinski definition) is 4. The van der Waals surface area contributed by atoms with Crippen molar-refractivity contribution in [3.8, 4) is 17.2 Å². The van der Waals surface area contributed by atoms with Crippen molar-refractivity contribution >= 4 is 5.91 Å². The molecule has 0 fully saturated rings. The number of ether oxygens (including phenoxy) is 3. The molecular formula is C22H29NO4. The Labute approximate surface area is 161 Å². The first kappa shape index (κ1) is 20.6. The molecule has 1 amide bonds. The van der Waals surface area contributed by atoms with Crippen LogP contribution in [0.2, 0.25) is 0 Å². The molecule has 0 aromatic heterocycles. The van der Waals surface area contributed by atoms with Crippen LogP contribution in [0.4, 0.5) is 0 Å². The lowest BCUT2D eigenvalue weighted by molar-refractivity contribution is -0.121. The molecule has 27 heavy (non-hydrogen) atoms. The summed E-state index contributed by atoms with van der Waals surface area (Å²) < 4.78 is 16.2. The summed E-state index contributed by atoms with van der Waals surface area (Å²) in [7, 11) is 4.75. The van der Waals surface area contributed by atoms with E-state index in [0.29, 0.717) is 42.6 Å². The largest absolute Gasteiger partial charge is 0.493 e. The van der Waals surface area contributed by atoms with Crippen LogP contribution in [0.3, 0.4) is 0 Å². The standard InChI is InChI=1S/C22H29NO4/c1-5-16(17-9-7-6-8-10-17)15-23-20(24)14-12-18-11-13-19(25-2)22(27-4)21(18)26-3/h6-11,13,16H,5,12,14-15H2,1-4H3,(H,23,24). The minimum Gasteiger partial charge on any atom is -0.493 e. The summed E-state index contributed by atoms with van der Waals surface area (Å²) in [5, 5.41) is 3.06. The number of rotatable bonds is 10. The molecule has 0 saturated carbocycles. The fourth-order valence-corrected chi connectivity index (χ4v) is 3.16. The fraction of sp³-hybridized carbons (Fsp3) is 0.409. The summed E-state index contributed by atoms with van der Waals surface area (Å²) in [5.41, 5.74) is 2.17. The van der Waals surface area contributed by atoms with Crippen LogP contribution in [0.15, 0.2) is 42.5 Å². The zero-order valence-electron chi connectivity index (χ0n) is 16.6. The molecule has 146 valence electrons. The zero-order valence-corrected chi connectivity index (χ0v) is 16.6. The molecule has 0 heterocycles. The third-order valence-corrected chi connectivity index (χ3v) is 4.72. The van der Waals surface area contributed by atoms with Gasteiger partial charge in [-0.2, -0.15) is 0 Å². The molecule has 0 aliphatic heterocycles. The van der Waals surface area contributed by atoms with Gasteiger partial charge in [0.1, 0.15) is 0 Å². The number of carbonyl (C=O) groups excluding carboxylic acids is 1. The number of hydrogen-bond donors (Lipinski definition) is 1. The van der Waals surface area contributed by atoms with Gasteiger partial charge in [-0.1, -0.05) is 43.3 Å². The molecule has 0 aliphatic rings. The maximum atomic E-state index is 12.3. The Bertz CT molecular complexity index is 731. The zero-order chi connectivity index (χ0) is 19.6. The summed E-state index contributed by atoms with van der Waals surface area (Å²) in [4.78, 5) is 12.3. The predicted octanol–water partition coefficient (Wildman–Crippen LogP) is 3.96. The average Bonchev–Trinajstić information content (AvgIpc) is 2.72. The third kappa shape index (κ3) is 5.39. The molecule has 1 N–H and O–H groups in total. The summed E-state index contributed by atoms with van der Waals surface area (Å²) in [5.74, 6) is 2.12. The van der Waals surface area contributed by atoms with E-state index in [4.69, 9.17) is 14.2 Å². The molecule has 2 aromatic carbocycles. The highest BCUT2D eigenvalue weighted by atomic mass is 16.5. The topological polar surface area (TPSA) is 56.8 Å². The molecule has 2 aromatic rings. The molecule has 5 heteroatoms. The third-order valence-electron chi connectivity index (χ3n) is 4.72. The fourth-order valence-electron chi connectivity index (χ4n) is 3.16. The summed E-state index contributed by atoms with van der Waals surface area (Å²) in [6, 6.07) is 14.0. The number of nitrogens with one attached hydrogen (secondary N) is 1. The van der Waals surface area contributed by atoms with Crippen molar-refractivity contribution in [2.24, 2.45) is 0 Å². The second kappa shape index (κ2) is 10.5. The van der Waals surface area contributed by atoms with Crippen molar-refractivity contribution < 1.29 is 19.0 Å². The van der Waals surface area contributed by atoms with Crippen molar-refractivity contribution in [2.45, 2.75) is 32.1 Å². The SMILES string of the molecule is CCC(CNC(=O)CCc1ccc(OC)c(OC)c1OC)c1ccccc1. The molecule has 1 unspecified atom stereocenters. The highest BCUT2D eigenvalue weighted by molar-refractivity contribution is 5.76. The first-order chi connectivity index (χ1) is 13.1. The lowest BCUT2D eigenvalue weighted by Crippen LogP contribution is -2.28. The molecule has 0 aliphatic carbocycles. The molecular weight excluding hydrogens is 342 g/mol. The van der Waals surface area contributed by atoms with Crippen LogP contribution < -0.4 is 19.5 Å². The van der Waals surface area contributed by atoms with Crippen LogP contribution in [0.1, 0.15) is 36.8 Å². The molecule has 1 atom stereocenters. The van der Waals surface area contributed by atoms with Crippen molar-refractivity contribution in [1.29, 1.82) is 0 Å². The van der Waals surface area contributed by atoms with E-state index in [9.17, 15) is 4.79 Å². The predicted molar refractivity (Wildman–Crippen MR) is 107 cm³/mol. The first-order valence-corrected chi connectivity index (χ1v) is 9.24. The molecule has 0 bridgehead atoms. The Hall–Kier alpha value is -2.69. The van der Waals surface area contributed by atoms with Crippen LogP contribution in [-0.4, -0.2) is 33.8 Å². The summed E-state index contributed by atoms with van der Waals surface area (Å²) in [6.07, 6.45) is 1.93. The van der Waals surface area contributed by atoms with E-state index >= 15 is 0 Å². The van der Waals surface area contributed by atoms with Crippen LogP contribution in [0, 0.1) is 0 Å². The molecule has 0 saturated heterocycles. The van der Waals surface area contributed by atoms with E-state index in [1.807, 2.05) is 30.3 Å². The lowest BCUT2D eigenvalue weighted by atomic mass is 9.96. The number of benzene rings is 2. The van der Waals surface area contributed by atoms with E-state index < -0.39 is 0 Å². The Kier molecular flexibility index (Phi) is 7.99. The maximum Gasteiger partial charge on any atom is 0.220 e. The van der Waals surface area contributed by atoms with Crippen molar-refractivity contribution in [3.63, 3.8) is 0 Å². The Morgan fingerprint density at radius 1 is 0.963 bits per heavy atom. The number of amides is 1. The van der Waals surface area contributed by atoms with Gasteiger partial charge >= 0.3 is 0 Å². The van der Waals surface area contributed by atoms with Crippen molar-refractivity contribution in [3.05, 3.63) is 53.6 Å². The minimum atomic E-state index is 0.0289. The van der Waals surface area contributed by atoms with Crippen LogP contribution >= 0.6 is 0 Å². The maximum absolute atomic E-state index is 12.3. The summed E-state index contributed by atoms with van der Waals surface area (Å²) in [6.45, 7) is 2.78. The quantitative estimate of drug-likeness (QED) is 0.687. The molecule has 0 radical (unpaired) electrons. The van der Waals surface area contributed by atoms with Crippen LogP contribution in [-0.2, 0) is 11.2 Å². The smallest absolute Gasteiger partial charge is 0.220 e. The average molecular weight is 371 g/mol. The second-order valence-electron chi connectivity index (χ2n) is 6.31. The van der Waals surface area contributed by atoms with Gasteiger partial charge in [-0.15, -0.1) is 0 Å². The number of carbonyl (C=O) groups is 1. The van der Waals surface area contributed by atoms with E-state index in [1.165, 1.54) is 5.56 Å². The molecule has 2 rings (SSSR count). The first-order valence-electron chi connectivity index (χ1n) is 9.24. The van der Waals surface area contributed by atoms with Gasteiger partial charge < -0.3 is 19.5 Å². The van der Waals surface area contributed by atoms with Gasteiger partial charge in [0.15, 0.2) is 11.5 Å². The van der Waals surface area contributed by atoms with Crippen LogP contribution in [0.5, 0.6) is 17.2 Å². The number of methoxy groups -OCH3 is 3. The van der Waals surface area contributed by atoms with Gasteiger partial charge in [0.05, 0.1) is 21.3 Å². The van der Waals surface area contributed by atoms with E-state index in [0.717, 1.165) is 12.0 Å². The second-order valence-corrected chi connectivity index (χ2v) is 6.31. The molecule has 5 nitrogen and oxygen atoms in total. The van der Waals surface area contributed by atoms with Gasteiger partial charge in [-0.3, -0.25) is 4.79 Å². The van der Waals surface area contributed by atoms with Crippen molar-refractivity contribution in [1.82, 2.24) is 5.32 Å². The van der Waals surface area contributed by atoms with Gasteiger partial charge in [0.2, 0.25) is 11.7 Å². The van der Waals surface area contributed by atoms with E-state index in [-0.39, 0.29) is 5.91 Å². The van der Waals surface area contributed by atoms with Gasteiger partial charge in [-0.05, 0) is 30.0 Å². The monoisotopic (exact) mass is 371 g/mol. The highest BCUT2D eigenvalue weighted by Crippen LogP contribution is 2.40.